The highest BCUT2D eigenvalue weighted by molar-refractivity contribution is 7.89. The van der Waals surface area contributed by atoms with E-state index in [9.17, 15) is 13.2 Å². The summed E-state index contributed by atoms with van der Waals surface area (Å²) in [4.78, 5) is 14.3. The zero-order chi connectivity index (χ0) is 17.7. The van der Waals surface area contributed by atoms with Crippen LogP contribution in [0.1, 0.15) is 24.8 Å². The molecule has 1 fully saturated rings. The monoisotopic (exact) mass is 389 g/mol. The Bertz CT molecular complexity index is 664. The van der Waals surface area contributed by atoms with Crippen LogP contribution in [-0.4, -0.2) is 45.9 Å². The second-order valence-corrected chi connectivity index (χ2v) is 8.27. The third-order valence-corrected chi connectivity index (χ3v) is 6.20. The Balaban J connectivity index is 0.00000312. The number of nitrogens with two attached hydrogens (primary N) is 1. The normalized spacial score (nSPS) is 20.1. The number of sulfonamides is 1. The van der Waals surface area contributed by atoms with E-state index in [0.29, 0.717) is 13.1 Å². The van der Waals surface area contributed by atoms with E-state index in [0.717, 1.165) is 24.8 Å². The molecular weight excluding hydrogens is 362 g/mol. The van der Waals surface area contributed by atoms with E-state index in [1.807, 2.05) is 6.92 Å². The lowest BCUT2D eigenvalue weighted by Gasteiger charge is -2.24. The number of halogens is 1. The molecule has 2 atom stereocenters. The largest absolute Gasteiger partial charge is 0.344 e. The van der Waals surface area contributed by atoms with E-state index in [4.69, 9.17) is 5.73 Å². The van der Waals surface area contributed by atoms with Gasteiger partial charge in [-0.25, -0.2) is 13.1 Å². The van der Waals surface area contributed by atoms with Crippen molar-refractivity contribution in [1.82, 2.24) is 9.62 Å². The molecule has 0 unspecified atom stereocenters. The first-order valence-electron chi connectivity index (χ1n) is 8.36. The van der Waals surface area contributed by atoms with Crippen molar-refractivity contribution in [1.29, 1.82) is 0 Å². The van der Waals surface area contributed by atoms with Gasteiger partial charge in [0.15, 0.2) is 0 Å². The molecule has 1 aromatic carbocycles. The van der Waals surface area contributed by atoms with E-state index < -0.39 is 10.0 Å². The zero-order valence-electron chi connectivity index (χ0n) is 14.8. The molecule has 0 saturated heterocycles. The van der Waals surface area contributed by atoms with Crippen LogP contribution in [-0.2, 0) is 14.8 Å². The molecule has 1 aliphatic rings. The number of nitrogens with one attached hydrogen (secondary N) is 1. The molecule has 0 heterocycles. The van der Waals surface area contributed by atoms with Crippen molar-refractivity contribution in [2.45, 2.75) is 31.1 Å². The minimum absolute atomic E-state index is 0. The fraction of sp³-hybridized carbons (Fsp3) is 0.588. The summed E-state index contributed by atoms with van der Waals surface area (Å²) in [5.41, 5.74) is 6.74. The Morgan fingerprint density at radius 1 is 1.28 bits per heavy atom. The van der Waals surface area contributed by atoms with Gasteiger partial charge in [0, 0.05) is 26.1 Å². The molecule has 1 aromatic rings. The maximum atomic E-state index is 12.5. The molecule has 1 aliphatic carbocycles. The molecule has 0 radical (unpaired) electrons. The van der Waals surface area contributed by atoms with Gasteiger partial charge in [0.2, 0.25) is 15.9 Å². The van der Waals surface area contributed by atoms with Crippen LogP contribution in [0.2, 0.25) is 0 Å². The molecule has 25 heavy (non-hydrogen) atoms. The number of amides is 1. The minimum Gasteiger partial charge on any atom is -0.344 e. The highest BCUT2D eigenvalue weighted by Crippen LogP contribution is 2.32. The van der Waals surface area contributed by atoms with Crippen LogP contribution in [0, 0.1) is 18.8 Å². The van der Waals surface area contributed by atoms with Crippen LogP contribution < -0.4 is 10.5 Å². The molecule has 142 valence electrons. The average molecular weight is 390 g/mol. The number of carbonyl (C=O) groups is 1. The third kappa shape index (κ3) is 5.67. The van der Waals surface area contributed by atoms with E-state index in [1.54, 1.807) is 36.2 Å². The predicted octanol–water partition coefficient (Wildman–Crippen LogP) is 1.53. The summed E-state index contributed by atoms with van der Waals surface area (Å²) >= 11 is 0. The van der Waals surface area contributed by atoms with Crippen molar-refractivity contribution in [3.63, 3.8) is 0 Å². The van der Waals surface area contributed by atoms with E-state index in [1.165, 1.54) is 0 Å². The lowest BCUT2D eigenvalue weighted by Crippen LogP contribution is -2.40. The molecular formula is C17H28ClN3O3S. The quantitative estimate of drug-likeness (QED) is 0.739. The molecule has 3 N–H and O–H groups in total. The second kappa shape index (κ2) is 9.52. The standard InChI is InChI=1S/C17H27N3O3S.ClH/c1-13-6-8-15(9-7-13)24(22,23)19-10-11-20(2)17(21)16-5-3-4-14(16)12-18;/h6-9,14,16,19H,3-5,10-12,18H2,1-2H3;1H/t14-,16-;/m1./s1. The fourth-order valence-electron chi connectivity index (χ4n) is 3.19. The molecule has 0 aliphatic heterocycles. The third-order valence-electron chi connectivity index (χ3n) is 4.73. The first kappa shape index (κ1) is 21.9. The summed E-state index contributed by atoms with van der Waals surface area (Å²) in [5.74, 6) is 0.301. The first-order chi connectivity index (χ1) is 11.3. The number of likely N-dealkylation sites (N-methyl/N-ethyl adjacent to an activating group) is 1. The summed E-state index contributed by atoms with van der Waals surface area (Å²) in [7, 11) is -1.82. The maximum Gasteiger partial charge on any atom is 0.240 e. The molecule has 2 rings (SSSR count). The Hall–Kier alpha value is -1.15. The smallest absolute Gasteiger partial charge is 0.240 e. The van der Waals surface area contributed by atoms with Crippen LogP contribution in [0.4, 0.5) is 0 Å². The summed E-state index contributed by atoms with van der Waals surface area (Å²) in [6, 6.07) is 6.68. The van der Waals surface area contributed by atoms with Gasteiger partial charge in [-0.05, 0) is 44.4 Å². The van der Waals surface area contributed by atoms with Crippen LogP contribution in [0.15, 0.2) is 29.2 Å². The lowest BCUT2D eigenvalue weighted by atomic mass is 9.95. The maximum absolute atomic E-state index is 12.5. The number of aryl methyl sites for hydroxylation is 1. The molecule has 0 bridgehead atoms. The Morgan fingerprint density at radius 2 is 1.92 bits per heavy atom. The van der Waals surface area contributed by atoms with Gasteiger partial charge < -0.3 is 10.6 Å². The summed E-state index contributed by atoms with van der Waals surface area (Å²) in [5, 5.41) is 0. The highest BCUT2D eigenvalue weighted by atomic mass is 35.5. The Morgan fingerprint density at radius 3 is 2.52 bits per heavy atom. The van der Waals surface area contributed by atoms with Gasteiger partial charge in [0.05, 0.1) is 4.90 Å². The number of benzene rings is 1. The Labute approximate surface area is 156 Å². The lowest BCUT2D eigenvalue weighted by molar-refractivity contribution is -0.135. The predicted molar refractivity (Wildman–Crippen MR) is 101 cm³/mol. The van der Waals surface area contributed by atoms with E-state index >= 15 is 0 Å². The van der Waals surface area contributed by atoms with Crippen LogP contribution >= 0.6 is 12.4 Å². The van der Waals surface area contributed by atoms with Crippen LogP contribution in [0.3, 0.4) is 0 Å². The van der Waals surface area contributed by atoms with Gasteiger partial charge in [-0.3, -0.25) is 4.79 Å². The van der Waals surface area contributed by atoms with Crippen molar-refractivity contribution in [2.75, 3.05) is 26.7 Å². The van der Waals surface area contributed by atoms with E-state index in [-0.39, 0.29) is 41.6 Å². The summed E-state index contributed by atoms with van der Waals surface area (Å²) in [6.45, 7) is 2.97. The molecule has 6 nitrogen and oxygen atoms in total. The SMILES string of the molecule is Cc1ccc(S(=O)(=O)NCCN(C)C(=O)[C@@H]2CCC[C@@H]2CN)cc1.Cl. The first-order valence-corrected chi connectivity index (χ1v) is 9.85. The van der Waals surface area contributed by atoms with Gasteiger partial charge in [0.25, 0.3) is 0 Å². The van der Waals surface area contributed by atoms with Gasteiger partial charge in [-0.15, -0.1) is 12.4 Å². The van der Waals surface area contributed by atoms with Crippen molar-refractivity contribution in [3.05, 3.63) is 29.8 Å². The zero-order valence-corrected chi connectivity index (χ0v) is 16.4. The number of hydrogen-bond acceptors (Lipinski definition) is 4. The topological polar surface area (TPSA) is 92.5 Å². The second-order valence-electron chi connectivity index (χ2n) is 6.50. The summed E-state index contributed by atoms with van der Waals surface area (Å²) < 4.78 is 27.0. The molecule has 1 amide bonds. The number of carbonyl (C=O) groups excluding carboxylic acids is 1. The molecule has 1 saturated carbocycles. The van der Waals surface area contributed by atoms with Crippen LogP contribution in [0.5, 0.6) is 0 Å². The number of nitrogens with zero attached hydrogens (tertiary/aromatic N) is 1. The average Bonchev–Trinajstić information content (AvgIpc) is 3.02. The molecule has 0 aromatic heterocycles. The van der Waals surface area contributed by atoms with Gasteiger partial charge in [-0.2, -0.15) is 0 Å². The molecule has 0 spiro atoms. The van der Waals surface area contributed by atoms with Crippen molar-refractivity contribution in [3.8, 4) is 0 Å². The van der Waals surface area contributed by atoms with Gasteiger partial charge in [-0.1, -0.05) is 24.1 Å². The van der Waals surface area contributed by atoms with Crippen molar-refractivity contribution < 1.29 is 13.2 Å². The van der Waals surface area contributed by atoms with Gasteiger partial charge >= 0.3 is 0 Å². The number of rotatable bonds is 7. The van der Waals surface area contributed by atoms with E-state index in [2.05, 4.69) is 4.72 Å². The highest BCUT2D eigenvalue weighted by Gasteiger charge is 2.33. The Kier molecular flexibility index (Phi) is 8.34. The summed E-state index contributed by atoms with van der Waals surface area (Å²) in [6.07, 6.45) is 2.91. The van der Waals surface area contributed by atoms with Gasteiger partial charge in [0.1, 0.15) is 0 Å². The number of hydrogen-bond donors (Lipinski definition) is 2. The minimum atomic E-state index is -3.54. The van der Waals surface area contributed by atoms with Crippen molar-refractivity contribution in [2.24, 2.45) is 17.6 Å². The van der Waals surface area contributed by atoms with Crippen LogP contribution in [0.25, 0.3) is 0 Å². The molecule has 8 heteroatoms. The fourth-order valence-corrected chi connectivity index (χ4v) is 4.21. The van der Waals surface area contributed by atoms with Crippen molar-refractivity contribution >= 4 is 28.3 Å².